The molecule has 64 valence electrons. The molecule has 0 atom stereocenters. The van der Waals surface area contributed by atoms with Crippen LogP contribution in [0.2, 0.25) is 0 Å². The Labute approximate surface area is 65.0 Å². The fourth-order valence-corrected chi connectivity index (χ4v) is 0.654. The molecule has 1 rings (SSSR count). The first kappa shape index (κ1) is 8.51. The third kappa shape index (κ3) is 1.23. The number of rotatable bonds is 1. The number of carbonyl (C=O) groups excluding carboxylic acids is 1. The number of hydrogen-bond acceptors (Lipinski definition) is 2. The number of nitrogens with two attached hydrogens (primary N) is 1. The van der Waals surface area contributed by atoms with E-state index in [2.05, 4.69) is 10.7 Å². The third-order valence-electron chi connectivity index (χ3n) is 1.17. The number of halogens is 3. The van der Waals surface area contributed by atoms with Crippen molar-refractivity contribution < 1.29 is 18.0 Å². The average molecular weight is 176 g/mol. The Bertz CT molecular complexity index is 340. The van der Waals surface area contributed by atoms with E-state index < -0.39 is 29.1 Å². The third-order valence-corrected chi connectivity index (χ3v) is 1.17. The summed E-state index contributed by atoms with van der Waals surface area (Å²) in [6.45, 7) is 0. The van der Waals surface area contributed by atoms with E-state index in [-0.39, 0.29) is 0 Å². The Morgan fingerprint density at radius 1 is 1.42 bits per heavy atom. The van der Waals surface area contributed by atoms with E-state index >= 15 is 0 Å². The van der Waals surface area contributed by atoms with Gasteiger partial charge in [0.15, 0.2) is 11.6 Å². The second-order valence-corrected chi connectivity index (χ2v) is 1.95. The number of hydrogen-bond donors (Lipinski definition) is 1. The molecule has 0 saturated heterocycles. The van der Waals surface area contributed by atoms with Crippen molar-refractivity contribution in [3.63, 3.8) is 0 Å². The predicted molar refractivity (Wildman–Crippen MR) is 32.6 cm³/mol. The van der Waals surface area contributed by atoms with Crippen molar-refractivity contribution in [1.82, 2.24) is 4.98 Å². The molecule has 0 aliphatic heterocycles. The molecule has 3 nitrogen and oxygen atoms in total. The molecule has 0 spiro atoms. The zero-order valence-corrected chi connectivity index (χ0v) is 5.64. The van der Waals surface area contributed by atoms with Crippen molar-refractivity contribution in [1.29, 1.82) is 0 Å². The van der Waals surface area contributed by atoms with Crippen LogP contribution in [-0.4, -0.2) is 10.9 Å². The first-order chi connectivity index (χ1) is 5.54. The average Bonchev–Trinajstić information content (AvgIpc) is 1.97. The summed E-state index contributed by atoms with van der Waals surface area (Å²) in [6.07, 6.45) is 0.330. The zero-order valence-electron chi connectivity index (χ0n) is 5.64. The molecule has 0 saturated carbocycles. The first-order valence-corrected chi connectivity index (χ1v) is 2.83. The van der Waals surface area contributed by atoms with Gasteiger partial charge in [-0.15, -0.1) is 0 Å². The van der Waals surface area contributed by atoms with Gasteiger partial charge < -0.3 is 5.73 Å². The van der Waals surface area contributed by atoms with Crippen molar-refractivity contribution in [3.8, 4) is 0 Å². The summed E-state index contributed by atoms with van der Waals surface area (Å²) in [5, 5.41) is 0. The van der Waals surface area contributed by atoms with Gasteiger partial charge in [-0.3, -0.25) is 4.79 Å². The molecule has 6 heteroatoms. The van der Waals surface area contributed by atoms with Gasteiger partial charge in [0.05, 0.1) is 6.20 Å². The summed E-state index contributed by atoms with van der Waals surface area (Å²) in [4.78, 5) is 13.1. The van der Waals surface area contributed by atoms with E-state index in [1.807, 2.05) is 0 Å². The number of nitrogens with zero attached hydrogens (tertiary/aromatic N) is 1. The van der Waals surface area contributed by atoms with Crippen LogP contribution >= 0.6 is 0 Å². The number of carbonyl (C=O) groups is 1. The number of aromatic nitrogens is 1. The Morgan fingerprint density at radius 3 is 2.42 bits per heavy atom. The fraction of sp³-hybridized carbons (Fsp3) is 0. The van der Waals surface area contributed by atoms with Crippen LogP contribution in [0.15, 0.2) is 6.20 Å². The van der Waals surface area contributed by atoms with Gasteiger partial charge in [-0.25, -0.2) is 13.8 Å². The van der Waals surface area contributed by atoms with Crippen LogP contribution in [0.4, 0.5) is 13.2 Å². The molecule has 2 N–H and O–H groups in total. The molecule has 12 heavy (non-hydrogen) atoms. The van der Waals surface area contributed by atoms with E-state index in [4.69, 9.17) is 0 Å². The molecule has 0 aliphatic rings. The SMILES string of the molecule is NC(=O)c1c(F)ncc(F)c1F. The van der Waals surface area contributed by atoms with E-state index in [1.54, 1.807) is 0 Å². The van der Waals surface area contributed by atoms with Crippen molar-refractivity contribution in [2.75, 3.05) is 0 Å². The van der Waals surface area contributed by atoms with Gasteiger partial charge in [-0.05, 0) is 0 Å². The molecule has 1 heterocycles. The minimum Gasteiger partial charge on any atom is -0.365 e. The second-order valence-electron chi connectivity index (χ2n) is 1.95. The Balaban J connectivity index is 3.43. The van der Waals surface area contributed by atoms with Gasteiger partial charge in [0.25, 0.3) is 5.91 Å². The van der Waals surface area contributed by atoms with Crippen LogP contribution in [0.3, 0.4) is 0 Å². The molecule has 1 aromatic rings. The molecular formula is C6H3F3N2O. The van der Waals surface area contributed by atoms with Crippen molar-refractivity contribution in [2.24, 2.45) is 5.73 Å². The van der Waals surface area contributed by atoms with Crippen molar-refractivity contribution in [3.05, 3.63) is 29.3 Å². The summed E-state index contributed by atoms with van der Waals surface area (Å²) in [5.74, 6) is -5.83. The summed E-state index contributed by atoms with van der Waals surface area (Å²) < 4.78 is 37.3. The minimum absolute atomic E-state index is 0.330. The minimum atomic E-state index is -1.62. The van der Waals surface area contributed by atoms with E-state index in [0.717, 1.165) is 0 Å². The van der Waals surface area contributed by atoms with Gasteiger partial charge in [0.2, 0.25) is 5.95 Å². The van der Waals surface area contributed by atoms with E-state index in [1.165, 1.54) is 0 Å². The van der Waals surface area contributed by atoms with Crippen LogP contribution in [0.1, 0.15) is 10.4 Å². The van der Waals surface area contributed by atoms with Crippen LogP contribution in [0, 0.1) is 17.6 Å². The topological polar surface area (TPSA) is 56.0 Å². The lowest BCUT2D eigenvalue weighted by molar-refractivity contribution is 0.0990. The summed E-state index contributed by atoms with van der Waals surface area (Å²) in [6, 6.07) is 0. The lowest BCUT2D eigenvalue weighted by atomic mass is 10.2. The monoisotopic (exact) mass is 176 g/mol. The number of pyridine rings is 1. The molecule has 0 radical (unpaired) electrons. The Hall–Kier alpha value is -1.59. The summed E-state index contributed by atoms with van der Waals surface area (Å²) in [5.41, 5.74) is 3.40. The highest BCUT2D eigenvalue weighted by molar-refractivity contribution is 5.92. The molecule has 0 fully saturated rings. The largest absolute Gasteiger partial charge is 0.365 e. The van der Waals surface area contributed by atoms with Gasteiger partial charge in [-0.1, -0.05) is 0 Å². The van der Waals surface area contributed by atoms with Gasteiger partial charge in [0.1, 0.15) is 5.56 Å². The van der Waals surface area contributed by atoms with Crippen LogP contribution in [0.25, 0.3) is 0 Å². The maximum absolute atomic E-state index is 12.6. The molecule has 1 amide bonds. The highest BCUT2D eigenvalue weighted by Crippen LogP contribution is 2.11. The maximum Gasteiger partial charge on any atom is 0.256 e. The maximum atomic E-state index is 12.6. The number of primary amides is 1. The normalized spacial score (nSPS) is 9.92. The Kier molecular flexibility index (Phi) is 1.99. The Morgan fingerprint density at radius 2 is 2.00 bits per heavy atom. The lowest BCUT2D eigenvalue weighted by Crippen LogP contribution is -2.17. The van der Waals surface area contributed by atoms with Crippen LogP contribution in [0.5, 0.6) is 0 Å². The smallest absolute Gasteiger partial charge is 0.256 e. The van der Waals surface area contributed by atoms with E-state index in [0.29, 0.717) is 6.20 Å². The quantitative estimate of drug-likeness (QED) is 0.637. The lowest BCUT2D eigenvalue weighted by Gasteiger charge is -1.98. The summed E-state index contributed by atoms with van der Waals surface area (Å²) >= 11 is 0. The predicted octanol–water partition coefficient (Wildman–Crippen LogP) is 0.598. The van der Waals surface area contributed by atoms with Gasteiger partial charge >= 0.3 is 0 Å². The second kappa shape index (κ2) is 2.80. The van der Waals surface area contributed by atoms with Gasteiger partial charge in [0, 0.05) is 0 Å². The van der Waals surface area contributed by atoms with Crippen LogP contribution in [-0.2, 0) is 0 Å². The molecule has 0 unspecified atom stereocenters. The fourth-order valence-electron chi connectivity index (χ4n) is 0.654. The van der Waals surface area contributed by atoms with Crippen molar-refractivity contribution >= 4 is 5.91 Å². The van der Waals surface area contributed by atoms with Gasteiger partial charge in [-0.2, -0.15) is 4.39 Å². The molecule has 1 aromatic heterocycles. The highest BCUT2D eigenvalue weighted by atomic mass is 19.2. The molecule has 0 aromatic carbocycles. The molecular weight excluding hydrogens is 173 g/mol. The highest BCUT2D eigenvalue weighted by Gasteiger charge is 2.19. The van der Waals surface area contributed by atoms with Crippen LogP contribution < -0.4 is 5.73 Å². The summed E-state index contributed by atoms with van der Waals surface area (Å²) in [7, 11) is 0. The zero-order chi connectivity index (χ0) is 9.30. The number of amides is 1. The van der Waals surface area contributed by atoms with E-state index in [9.17, 15) is 18.0 Å². The first-order valence-electron chi connectivity index (χ1n) is 2.83. The van der Waals surface area contributed by atoms with Crippen molar-refractivity contribution in [2.45, 2.75) is 0 Å². The molecule has 0 bridgehead atoms. The molecule has 0 aliphatic carbocycles. The standard InChI is InChI=1S/C6H3F3N2O/c7-2-1-11-5(9)3(4(2)8)6(10)12/h1H,(H2,10,12).